The summed E-state index contributed by atoms with van der Waals surface area (Å²) < 4.78 is 5.33. The number of tetrazole rings is 1. The van der Waals surface area contributed by atoms with E-state index in [0.29, 0.717) is 42.2 Å². The minimum Gasteiger partial charge on any atom is -0.408 e. The topological polar surface area (TPSA) is 168 Å². The van der Waals surface area contributed by atoms with Gasteiger partial charge >= 0.3 is 6.09 Å². The number of ether oxygens (including phenoxy) is 1. The van der Waals surface area contributed by atoms with E-state index >= 15 is 0 Å². The van der Waals surface area contributed by atoms with E-state index in [2.05, 4.69) is 30.2 Å². The van der Waals surface area contributed by atoms with Gasteiger partial charge in [0.05, 0.1) is 6.54 Å². The van der Waals surface area contributed by atoms with Crippen LogP contribution in [0.15, 0.2) is 72.8 Å². The standard InChI is InChI=1S/C31H26N8O6/c1-19-25-14-15-28(40)37(30(25)33-20(2)32-19)17-21-10-12-23(13-11-21)26-8-3-4-9-27(26)29-34-36-38(35-29)31(41)45-24-7-5-6-22(16-24)18-44-39(42)43/h3-13,16H,14-15,17-18H2,1-2H3. The van der Waals surface area contributed by atoms with Crippen LogP contribution in [0.4, 0.5) is 10.6 Å². The lowest BCUT2D eigenvalue weighted by molar-refractivity contribution is -0.763. The van der Waals surface area contributed by atoms with Crippen molar-refractivity contribution in [3.63, 3.8) is 0 Å². The highest BCUT2D eigenvalue weighted by Gasteiger charge is 2.28. The van der Waals surface area contributed by atoms with Gasteiger partial charge in [-0.05, 0) is 59.9 Å². The maximum atomic E-state index is 12.9. The predicted octanol–water partition coefficient (Wildman–Crippen LogP) is 4.65. The maximum Gasteiger partial charge on any atom is 0.459 e. The number of hydrogen-bond donors (Lipinski definition) is 0. The zero-order valence-corrected chi connectivity index (χ0v) is 24.3. The second-order valence-corrected chi connectivity index (χ2v) is 10.3. The zero-order valence-electron chi connectivity index (χ0n) is 24.3. The molecule has 1 aliphatic rings. The van der Waals surface area contributed by atoms with Crippen LogP contribution in [0.3, 0.4) is 0 Å². The zero-order chi connectivity index (χ0) is 31.5. The summed E-state index contributed by atoms with van der Waals surface area (Å²) in [7, 11) is 0. The fourth-order valence-electron chi connectivity index (χ4n) is 5.15. The van der Waals surface area contributed by atoms with Gasteiger partial charge in [-0.2, -0.15) is 0 Å². The van der Waals surface area contributed by atoms with Crippen molar-refractivity contribution in [2.45, 2.75) is 39.8 Å². The molecule has 14 heteroatoms. The van der Waals surface area contributed by atoms with Gasteiger partial charge in [0.25, 0.3) is 5.09 Å². The van der Waals surface area contributed by atoms with Crippen molar-refractivity contribution in [2.24, 2.45) is 0 Å². The lowest BCUT2D eigenvalue weighted by Gasteiger charge is -2.29. The summed E-state index contributed by atoms with van der Waals surface area (Å²) in [5.74, 6) is 1.68. The normalized spacial score (nSPS) is 12.5. The van der Waals surface area contributed by atoms with Crippen molar-refractivity contribution < 1.29 is 24.3 Å². The Labute approximate surface area is 256 Å². The quantitative estimate of drug-likeness (QED) is 0.178. The monoisotopic (exact) mass is 606 g/mol. The van der Waals surface area contributed by atoms with Crippen LogP contribution in [-0.2, 0) is 29.2 Å². The minimum absolute atomic E-state index is 0.0265. The van der Waals surface area contributed by atoms with E-state index in [1.807, 2.05) is 62.4 Å². The average molecular weight is 607 g/mol. The molecule has 14 nitrogen and oxygen atoms in total. The van der Waals surface area contributed by atoms with Crippen LogP contribution in [0.25, 0.3) is 22.5 Å². The first-order chi connectivity index (χ1) is 21.7. The molecule has 0 N–H and O–H groups in total. The molecule has 3 aromatic carbocycles. The Kier molecular flexibility index (Phi) is 7.93. The molecule has 0 saturated carbocycles. The van der Waals surface area contributed by atoms with E-state index in [1.54, 1.807) is 17.0 Å². The number of amides is 1. The molecular weight excluding hydrogens is 580 g/mol. The molecule has 0 radical (unpaired) electrons. The third-order valence-electron chi connectivity index (χ3n) is 7.24. The number of aryl methyl sites for hydroxylation is 2. The van der Waals surface area contributed by atoms with Crippen LogP contribution >= 0.6 is 0 Å². The number of carbonyl (C=O) groups excluding carboxylic acids is 2. The molecule has 2 aromatic heterocycles. The summed E-state index contributed by atoms with van der Waals surface area (Å²) in [4.78, 5) is 51.9. The highest BCUT2D eigenvalue weighted by molar-refractivity contribution is 5.95. The van der Waals surface area contributed by atoms with Crippen LogP contribution in [0.1, 0.15) is 34.6 Å². The second-order valence-electron chi connectivity index (χ2n) is 10.3. The number of aromatic nitrogens is 6. The molecule has 226 valence electrons. The first-order valence-corrected chi connectivity index (χ1v) is 14.0. The minimum atomic E-state index is -0.910. The van der Waals surface area contributed by atoms with Crippen molar-refractivity contribution in [1.82, 2.24) is 30.2 Å². The fourth-order valence-corrected chi connectivity index (χ4v) is 5.15. The molecule has 45 heavy (non-hydrogen) atoms. The Hall–Kier alpha value is -6.05. The molecule has 3 heterocycles. The first-order valence-electron chi connectivity index (χ1n) is 14.0. The lowest BCUT2D eigenvalue weighted by atomic mass is 9.98. The number of carbonyl (C=O) groups is 2. The first kappa shape index (κ1) is 29.0. The van der Waals surface area contributed by atoms with Crippen LogP contribution in [0.2, 0.25) is 0 Å². The van der Waals surface area contributed by atoms with Gasteiger partial charge in [-0.1, -0.05) is 65.5 Å². The number of benzene rings is 3. The summed E-state index contributed by atoms with van der Waals surface area (Å²) in [5, 5.41) is 21.7. The molecule has 0 bridgehead atoms. The van der Waals surface area contributed by atoms with Gasteiger partial charge in [-0.15, -0.1) is 20.3 Å². The summed E-state index contributed by atoms with van der Waals surface area (Å²) in [6.45, 7) is 3.86. The summed E-state index contributed by atoms with van der Waals surface area (Å²) in [6, 6.07) is 21.4. The number of anilines is 1. The maximum absolute atomic E-state index is 12.9. The molecule has 0 saturated heterocycles. The molecule has 0 aliphatic carbocycles. The Bertz CT molecular complexity index is 1920. The van der Waals surface area contributed by atoms with Gasteiger partial charge in [0.15, 0.2) is 0 Å². The number of fused-ring (bicyclic) bond motifs is 1. The summed E-state index contributed by atoms with van der Waals surface area (Å²) in [6.07, 6.45) is 0.142. The average Bonchev–Trinajstić information content (AvgIpc) is 3.53. The van der Waals surface area contributed by atoms with E-state index < -0.39 is 11.2 Å². The third kappa shape index (κ3) is 6.34. The van der Waals surface area contributed by atoms with Crippen molar-refractivity contribution >= 4 is 17.8 Å². The fraction of sp³-hybridized carbons (Fsp3) is 0.194. The third-order valence-corrected chi connectivity index (χ3v) is 7.24. The number of hydrogen-bond acceptors (Lipinski definition) is 11. The molecule has 1 amide bonds. The summed E-state index contributed by atoms with van der Waals surface area (Å²) in [5.41, 5.74) is 5.62. The van der Waals surface area contributed by atoms with E-state index in [0.717, 1.165) is 32.7 Å². The highest BCUT2D eigenvalue weighted by atomic mass is 16.9. The van der Waals surface area contributed by atoms with Crippen molar-refractivity contribution in [3.8, 4) is 28.3 Å². The van der Waals surface area contributed by atoms with Gasteiger partial charge in [0.2, 0.25) is 11.7 Å². The van der Waals surface area contributed by atoms with Crippen LogP contribution in [-0.4, -0.2) is 47.3 Å². The molecule has 5 aromatic rings. The van der Waals surface area contributed by atoms with Gasteiger partial charge < -0.3 is 9.57 Å². The molecule has 0 spiro atoms. The summed E-state index contributed by atoms with van der Waals surface area (Å²) >= 11 is 0. The predicted molar refractivity (Wildman–Crippen MR) is 159 cm³/mol. The Morgan fingerprint density at radius 2 is 1.73 bits per heavy atom. The second kappa shape index (κ2) is 12.3. The van der Waals surface area contributed by atoms with Crippen LogP contribution in [0, 0.1) is 24.0 Å². The molecule has 0 atom stereocenters. The molecular formula is C31H26N8O6. The van der Waals surface area contributed by atoms with Crippen molar-refractivity contribution in [1.29, 1.82) is 0 Å². The van der Waals surface area contributed by atoms with E-state index in [-0.39, 0.29) is 24.1 Å². The van der Waals surface area contributed by atoms with Crippen molar-refractivity contribution in [2.75, 3.05) is 4.90 Å². The Morgan fingerprint density at radius 3 is 2.51 bits per heavy atom. The molecule has 6 rings (SSSR count). The number of nitrogens with zero attached hydrogens (tertiary/aromatic N) is 8. The smallest absolute Gasteiger partial charge is 0.408 e. The van der Waals surface area contributed by atoms with Gasteiger partial charge in [-0.3, -0.25) is 9.69 Å². The van der Waals surface area contributed by atoms with E-state index in [4.69, 9.17) is 4.74 Å². The molecule has 1 aliphatic heterocycles. The molecule has 0 fully saturated rings. The van der Waals surface area contributed by atoms with E-state index in [1.165, 1.54) is 12.1 Å². The molecule has 0 unspecified atom stereocenters. The highest BCUT2D eigenvalue weighted by Crippen LogP contribution is 2.32. The van der Waals surface area contributed by atoms with Gasteiger partial charge in [0, 0.05) is 23.2 Å². The van der Waals surface area contributed by atoms with Gasteiger partial charge in [0.1, 0.15) is 24.0 Å². The Morgan fingerprint density at radius 1 is 0.956 bits per heavy atom. The van der Waals surface area contributed by atoms with Crippen molar-refractivity contribution in [3.05, 3.63) is 111 Å². The largest absolute Gasteiger partial charge is 0.459 e. The SMILES string of the molecule is Cc1nc(C)c2c(n1)N(Cc1ccc(-c3ccccc3-c3nnn(C(=O)Oc4cccc(CO[N+](=O)[O-])c4)n3)cc1)C(=O)CC2. The van der Waals surface area contributed by atoms with Crippen LogP contribution < -0.4 is 9.64 Å². The van der Waals surface area contributed by atoms with Gasteiger partial charge in [-0.25, -0.2) is 14.8 Å². The lowest BCUT2D eigenvalue weighted by Crippen LogP contribution is -2.36. The Balaban J connectivity index is 1.19. The van der Waals surface area contributed by atoms with E-state index in [9.17, 15) is 19.7 Å². The van der Waals surface area contributed by atoms with Crippen LogP contribution in [0.5, 0.6) is 5.75 Å². The number of rotatable bonds is 8.